The van der Waals surface area contributed by atoms with Crippen molar-refractivity contribution in [1.82, 2.24) is 9.88 Å². The molecule has 22 heavy (non-hydrogen) atoms. The Morgan fingerprint density at radius 3 is 2.45 bits per heavy atom. The zero-order valence-corrected chi connectivity index (χ0v) is 12.1. The lowest BCUT2D eigenvalue weighted by atomic mass is 10.1. The van der Waals surface area contributed by atoms with Gasteiger partial charge < -0.3 is 9.88 Å². The fourth-order valence-corrected chi connectivity index (χ4v) is 2.23. The Morgan fingerprint density at radius 2 is 1.86 bits per heavy atom. The second kappa shape index (κ2) is 5.82. The molecule has 0 aliphatic heterocycles. The minimum absolute atomic E-state index is 0.0781. The zero-order valence-electron chi connectivity index (χ0n) is 12.1. The van der Waals surface area contributed by atoms with Crippen LogP contribution in [-0.2, 0) is 11.3 Å². The minimum atomic E-state index is -4.95. The first-order chi connectivity index (χ1) is 10.2. The van der Waals surface area contributed by atoms with Crippen LogP contribution in [0.4, 0.5) is 13.2 Å². The van der Waals surface area contributed by atoms with Crippen molar-refractivity contribution in [2.24, 2.45) is 0 Å². The van der Waals surface area contributed by atoms with E-state index >= 15 is 0 Å². The van der Waals surface area contributed by atoms with Gasteiger partial charge in [0.05, 0.1) is 5.56 Å². The maximum Gasteiger partial charge on any atom is 0.454 e. The number of aromatic nitrogens is 1. The Balaban J connectivity index is 2.44. The first kappa shape index (κ1) is 16.1. The molecule has 118 valence electrons. The summed E-state index contributed by atoms with van der Waals surface area (Å²) in [6.07, 6.45) is -3.87. The fraction of sp³-hybridized carbons (Fsp3) is 0.333. The van der Waals surface area contributed by atoms with Crippen LogP contribution in [0.15, 0.2) is 30.5 Å². The van der Waals surface area contributed by atoms with E-state index in [1.165, 1.54) is 10.6 Å². The van der Waals surface area contributed by atoms with E-state index in [1.54, 1.807) is 32.0 Å². The van der Waals surface area contributed by atoms with Crippen LogP contribution in [0.5, 0.6) is 0 Å². The fourth-order valence-electron chi connectivity index (χ4n) is 2.23. The van der Waals surface area contributed by atoms with E-state index in [1.807, 2.05) is 0 Å². The second-order valence-corrected chi connectivity index (χ2v) is 5.24. The lowest BCUT2D eigenvalue weighted by molar-refractivity contribution is -0.122. The number of ketones is 1. The van der Waals surface area contributed by atoms with E-state index in [2.05, 4.69) is 5.32 Å². The van der Waals surface area contributed by atoms with Gasteiger partial charge in [-0.2, -0.15) is 13.2 Å². The third-order valence-corrected chi connectivity index (χ3v) is 3.05. The van der Waals surface area contributed by atoms with Crippen molar-refractivity contribution < 1.29 is 22.8 Å². The number of alkyl halides is 3. The minimum Gasteiger partial charge on any atom is -0.352 e. The number of hydrogen-bond donors (Lipinski definition) is 1. The SMILES string of the molecule is CC(C)NC(=O)Cn1cc(C(=O)C(F)(F)F)c2ccccc21. The van der Waals surface area contributed by atoms with Crippen LogP contribution in [-0.4, -0.2) is 28.5 Å². The second-order valence-electron chi connectivity index (χ2n) is 5.24. The summed E-state index contributed by atoms with van der Waals surface area (Å²) in [6.45, 7) is 3.42. The van der Waals surface area contributed by atoms with Crippen molar-refractivity contribution in [1.29, 1.82) is 0 Å². The molecule has 1 N–H and O–H groups in total. The topological polar surface area (TPSA) is 51.1 Å². The molecule has 0 aliphatic carbocycles. The Hall–Kier alpha value is -2.31. The molecule has 2 rings (SSSR count). The average Bonchev–Trinajstić information content (AvgIpc) is 2.75. The molecule has 1 amide bonds. The Labute approximate surface area is 124 Å². The molecule has 2 aromatic rings. The Morgan fingerprint density at radius 1 is 1.23 bits per heavy atom. The quantitative estimate of drug-likeness (QED) is 0.883. The van der Waals surface area contributed by atoms with Gasteiger partial charge in [0.25, 0.3) is 5.78 Å². The van der Waals surface area contributed by atoms with Crippen molar-refractivity contribution >= 4 is 22.6 Å². The number of para-hydroxylation sites is 1. The average molecular weight is 312 g/mol. The first-order valence-corrected chi connectivity index (χ1v) is 6.69. The van der Waals surface area contributed by atoms with Crippen molar-refractivity contribution in [2.75, 3.05) is 0 Å². The Bertz CT molecular complexity index is 717. The number of rotatable bonds is 4. The molecule has 1 aromatic carbocycles. The summed E-state index contributed by atoms with van der Waals surface area (Å²) in [4.78, 5) is 23.3. The maximum atomic E-state index is 12.7. The van der Waals surface area contributed by atoms with E-state index < -0.39 is 17.5 Å². The van der Waals surface area contributed by atoms with Crippen LogP contribution < -0.4 is 5.32 Å². The molecule has 4 nitrogen and oxygen atoms in total. The summed E-state index contributed by atoms with van der Waals surface area (Å²) >= 11 is 0. The number of amides is 1. The van der Waals surface area contributed by atoms with E-state index in [9.17, 15) is 22.8 Å². The van der Waals surface area contributed by atoms with Crippen molar-refractivity contribution in [3.8, 4) is 0 Å². The molecule has 0 unspecified atom stereocenters. The summed E-state index contributed by atoms with van der Waals surface area (Å²) in [6, 6.07) is 6.12. The maximum absolute atomic E-state index is 12.7. The van der Waals surface area contributed by atoms with Gasteiger partial charge in [0, 0.05) is 23.1 Å². The molecule has 0 radical (unpaired) electrons. The van der Waals surface area contributed by atoms with Gasteiger partial charge in [-0.3, -0.25) is 9.59 Å². The van der Waals surface area contributed by atoms with E-state index in [0.717, 1.165) is 6.20 Å². The van der Waals surface area contributed by atoms with Crippen molar-refractivity contribution in [3.63, 3.8) is 0 Å². The van der Waals surface area contributed by atoms with Crippen LogP contribution >= 0.6 is 0 Å². The monoisotopic (exact) mass is 312 g/mol. The Kier molecular flexibility index (Phi) is 4.25. The number of fused-ring (bicyclic) bond motifs is 1. The number of hydrogen-bond acceptors (Lipinski definition) is 2. The lowest BCUT2D eigenvalue weighted by Crippen LogP contribution is -2.32. The summed E-state index contributed by atoms with van der Waals surface area (Å²) in [5.74, 6) is -2.24. The highest BCUT2D eigenvalue weighted by Crippen LogP contribution is 2.28. The van der Waals surface area contributed by atoms with Crippen molar-refractivity contribution in [2.45, 2.75) is 32.6 Å². The van der Waals surface area contributed by atoms with Crippen LogP contribution in [0.1, 0.15) is 24.2 Å². The number of Topliss-reactive ketones (excluding diaryl/α,β-unsaturated/α-hetero) is 1. The number of benzene rings is 1. The largest absolute Gasteiger partial charge is 0.454 e. The van der Waals surface area contributed by atoms with Gasteiger partial charge in [-0.05, 0) is 19.9 Å². The molecule has 0 bridgehead atoms. The number of nitrogens with zero attached hydrogens (tertiary/aromatic N) is 1. The van der Waals surface area contributed by atoms with Gasteiger partial charge >= 0.3 is 6.18 Å². The van der Waals surface area contributed by atoms with Gasteiger partial charge in [-0.1, -0.05) is 18.2 Å². The highest BCUT2D eigenvalue weighted by atomic mass is 19.4. The normalized spacial score (nSPS) is 11.9. The first-order valence-electron chi connectivity index (χ1n) is 6.69. The summed E-state index contributed by atoms with van der Waals surface area (Å²) in [5, 5.41) is 2.84. The lowest BCUT2D eigenvalue weighted by Gasteiger charge is -2.09. The molecule has 7 heteroatoms. The van der Waals surface area contributed by atoms with E-state index in [-0.39, 0.29) is 23.9 Å². The molecule has 0 aliphatic rings. The highest BCUT2D eigenvalue weighted by Gasteiger charge is 2.40. The summed E-state index contributed by atoms with van der Waals surface area (Å²) < 4.78 is 39.4. The molecule has 1 heterocycles. The van der Waals surface area contributed by atoms with Crippen LogP contribution in [0, 0.1) is 0 Å². The number of halogens is 3. The predicted octanol–water partition coefficient (Wildman–Crippen LogP) is 2.91. The van der Waals surface area contributed by atoms with E-state index in [4.69, 9.17) is 0 Å². The molecular formula is C15H15F3N2O2. The van der Waals surface area contributed by atoms with Crippen LogP contribution in [0.3, 0.4) is 0 Å². The molecule has 0 atom stereocenters. The van der Waals surface area contributed by atoms with Gasteiger partial charge in [0.2, 0.25) is 5.91 Å². The van der Waals surface area contributed by atoms with Crippen LogP contribution in [0.25, 0.3) is 10.9 Å². The third-order valence-electron chi connectivity index (χ3n) is 3.05. The molecule has 0 fully saturated rings. The number of nitrogens with one attached hydrogen (secondary N) is 1. The molecular weight excluding hydrogens is 297 g/mol. The van der Waals surface area contributed by atoms with Crippen LogP contribution in [0.2, 0.25) is 0 Å². The van der Waals surface area contributed by atoms with Crippen molar-refractivity contribution in [3.05, 3.63) is 36.0 Å². The molecule has 1 aromatic heterocycles. The standard InChI is InChI=1S/C15H15F3N2O2/c1-9(2)19-13(21)8-20-7-11(14(22)15(16,17)18)10-5-3-4-6-12(10)20/h3-7,9H,8H2,1-2H3,(H,19,21). The van der Waals surface area contributed by atoms with Gasteiger partial charge in [-0.25, -0.2) is 0 Å². The third kappa shape index (κ3) is 3.29. The zero-order chi connectivity index (χ0) is 16.5. The van der Waals surface area contributed by atoms with Gasteiger partial charge in [0.15, 0.2) is 0 Å². The van der Waals surface area contributed by atoms with Gasteiger partial charge in [-0.15, -0.1) is 0 Å². The van der Waals surface area contributed by atoms with E-state index in [0.29, 0.717) is 5.52 Å². The number of carbonyl (C=O) groups excluding carboxylic acids is 2. The predicted molar refractivity (Wildman–Crippen MR) is 75.6 cm³/mol. The summed E-state index contributed by atoms with van der Waals surface area (Å²) in [5.41, 5.74) is -0.0329. The molecule has 0 saturated heterocycles. The smallest absolute Gasteiger partial charge is 0.352 e. The van der Waals surface area contributed by atoms with Gasteiger partial charge in [0.1, 0.15) is 6.54 Å². The highest BCUT2D eigenvalue weighted by molar-refractivity contribution is 6.10. The summed E-state index contributed by atoms with van der Waals surface area (Å²) in [7, 11) is 0. The molecule has 0 spiro atoms. The number of carbonyl (C=O) groups is 2. The molecule has 0 saturated carbocycles.